The average Bonchev–Trinajstić information content (AvgIpc) is 3.12. The first-order chi connectivity index (χ1) is 11.6. The highest BCUT2D eigenvalue weighted by molar-refractivity contribution is 6.10. The third-order valence-electron chi connectivity index (χ3n) is 5.16. The number of carbonyl (C=O) groups is 3. The van der Waals surface area contributed by atoms with E-state index in [1.807, 2.05) is 0 Å². The number of nitrogens with one attached hydrogen (secondary N) is 1. The van der Waals surface area contributed by atoms with Crippen molar-refractivity contribution in [1.82, 2.24) is 9.80 Å². The van der Waals surface area contributed by atoms with Crippen LogP contribution >= 0.6 is 0 Å². The lowest BCUT2D eigenvalue weighted by atomic mass is 10.1. The summed E-state index contributed by atoms with van der Waals surface area (Å²) >= 11 is 0. The highest BCUT2D eigenvalue weighted by Crippen LogP contribution is 2.25. The standard InChI is InChI=1S/C17H20N4O3/c22-15-14-10-20(17(24)13-6-3-7-18-13)8-9-21(14)16(23)11-4-1-2-5-12(11)19-15/h1-2,4-5,13-14,18H,3,6-10H2,(H,19,22)/p+1/t13-,14+/m1/s1. The molecule has 2 saturated heterocycles. The number of hydrogen-bond donors (Lipinski definition) is 2. The molecule has 3 amide bonds. The van der Waals surface area contributed by atoms with Gasteiger partial charge in [-0.1, -0.05) is 12.1 Å². The van der Waals surface area contributed by atoms with Gasteiger partial charge in [-0.3, -0.25) is 14.4 Å². The Kier molecular flexibility index (Phi) is 3.72. The molecule has 0 spiro atoms. The third kappa shape index (κ3) is 2.45. The van der Waals surface area contributed by atoms with Crippen LogP contribution in [0.4, 0.5) is 5.69 Å². The van der Waals surface area contributed by atoms with Crippen molar-refractivity contribution in [1.29, 1.82) is 0 Å². The molecule has 3 aliphatic rings. The SMILES string of the molecule is O=C1Nc2ccccc2C(=O)N2CCN(C(=O)[C@H]3CCC[NH2+]3)C[C@@H]12. The maximum atomic E-state index is 12.8. The first kappa shape index (κ1) is 15.1. The highest BCUT2D eigenvalue weighted by Gasteiger charge is 2.42. The quantitative estimate of drug-likeness (QED) is 0.694. The molecular formula is C17H21N4O3+. The molecule has 3 N–H and O–H groups in total. The largest absolute Gasteiger partial charge is 0.336 e. The van der Waals surface area contributed by atoms with Gasteiger partial charge in [-0.25, -0.2) is 0 Å². The number of rotatable bonds is 1. The minimum Gasteiger partial charge on any atom is -0.336 e. The van der Waals surface area contributed by atoms with E-state index in [-0.39, 0.29) is 30.3 Å². The smallest absolute Gasteiger partial charge is 0.280 e. The second-order valence-corrected chi connectivity index (χ2v) is 6.61. The fourth-order valence-corrected chi connectivity index (χ4v) is 3.83. The van der Waals surface area contributed by atoms with Crippen LogP contribution in [0.3, 0.4) is 0 Å². The van der Waals surface area contributed by atoms with E-state index >= 15 is 0 Å². The van der Waals surface area contributed by atoms with Crippen molar-refractivity contribution in [3.05, 3.63) is 29.8 Å². The summed E-state index contributed by atoms with van der Waals surface area (Å²) < 4.78 is 0. The number of anilines is 1. The second kappa shape index (κ2) is 5.90. The normalized spacial score (nSPS) is 26.5. The number of quaternary nitrogens is 1. The molecule has 3 heterocycles. The van der Waals surface area contributed by atoms with Crippen molar-refractivity contribution in [2.75, 3.05) is 31.5 Å². The highest BCUT2D eigenvalue weighted by atomic mass is 16.2. The number of para-hydroxylation sites is 1. The molecule has 1 aromatic rings. The summed E-state index contributed by atoms with van der Waals surface area (Å²) in [7, 11) is 0. The number of nitrogens with two attached hydrogens (primary N) is 1. The molecule has 0 aliphatic carbocycles. The fourth-order valence-electron chi connectivity index (χ4n) is 3.83. The average molecular weight is 329 g/mol. The molecule has 126 valence electrons. The van der Waals surface area contributed by atoms with Crippen molar-refractivity contribution >= 4 is 23.4 Å². The van der Waals surface area contributed by atoms with Gasteiger partial charge >= 0.3 is 0 Å². The van der Waals surface area contributed by atoms with E-state index in [0.29, 0.717) is 24.3 Å². The minimum atomic E-state index is -0.621. The maximum Gasteiger partial charge on any atom is 0.280 e. The second-order valence-electron chi connectivity index (χ2n) is 6.61. The van der Waals surface area contributed by atoms with E-state index in [4.69, 9.17) is 0 Å². The Bertz CT molecular complexity index is 699. The van der Waals surface area contributed by atoms with E-state index in [2.05, 4.69) is 10.6 Å². The summed E-state index contributed by atoms with van der Waals surface area (Å²) in [4.78, 5) is 41.3. The van der Waals surface area contributed by atoms with Crippen LogP contribution in [0.25, 0.3) is 0 Å². The lowest BCUT2D eigenvalue weighted by Gasteiger charge is -2.39. The summed E-state index contributed by atoms with van der Waals surface area (Å²) in [6, 6.07) is 6.40. The van der Waals surface area contributed by atoms with Gasteiger partial charge in [0.05, 0.1) is 24.3 Å². The van der Waals surface area contributed by atoms with Gasteiger partial charge in [0, 0.05) is 25.9 Å². The molecule has 0 saturated carbocycles. The molecule has 7 nitrogen and oxygen atoms in total. The third-order valence-corrected chi connectivity index (χ3v) is 5.16. The molecule has 4 rings (SSSR count). The molecule has 24 heavy (non-hydrogen) atoms. The van der Waals surface area contributed by atoms with Crippen LogP contribution in [0.15, 0.2) is 24.3 Å². The first-order valence-electron chi connectivity index (χ1n) is 8.48. The fraction of sp³-hybridized carbons (Fsp3) is 0.471. The Balaban J connectivity index is 1.57. The molecular weight excluding hydrogens is 308 g/mol. The molecule has 0 unspecified atom stereocenters. The van der Waals surface area contributed by atoms with Crippen molar-refractivity contribution in [2.45, 2.75) is 24.9 Å². The molecule has 0 bridgehead atoms. The van der Waals surface area contributed by atoms with Crippen LogP contribution in [0.1, 0.15) is 23.2 Å². The van der Waals surface area contributed by atoms with E-state index in [1.165, 1.54) is 0 Å². The molecule has 7 heteroatoms. The topological polar surface area (TPSA) is 86.3 Å². The van der Waals surface area contributed by atoms with Crippen molar-refractivity contribution < 1.29 is 19.7 Å². The van der Waals surface area contributed by atoms with E-state index in [9.17, 15) is 14.4 Å². The molecule has 3 aliphatic heterocycles. The molecule has 1 aromatic carbocycles. The van der Waals surface area contributed by atoms with E-state index in [0.717, 1.165) is 19.4 Å². The van der Waals surface area contributed by atoms with Gasteiger partial charge in [0.1, 0.15) is 6.04 Å². The summed E-state index contributed by atoms with van der Waals surface area (Å²) in [5.74, 6) is -0.274. The predicted molar refractivity (Wildman–Crippen MR) is 86.3 cm³/mol. The summed E-state index contributed by atoms with van der Waals surface area (Å²) in [6.45, 7) is 2.13. The Morgan fingerprint density at radius 2 is 2.04 bits per heavy atom. The Morgan fingerprint density at radius 3 is 2.83 bits per heavy atom. The number of amides is 3. The first-order valence-corrected chi connectivity index (χ1v) is 8.48. The summed E-state index contributed by atoms with van der Waals surface area (Å²) in [5, 5.41) is 4.91. The number of nitrogens with zero attached hydrogens (tertiary/aromatic N) is 2. The van der Waals surface area contributed by atoms with Crippen LogP contribution in [0, 0.1) is 0 Å². The monoisotopic (exact) mass is 329 g/mol. The Morgan fingerprint density at radius 1 is 1.21 bits per heavy atom. The number of carbonyl (C=O) groups excluding carboxylic acids is 3. The zero-order chi connectivity index (χ0) is 16.7. The van der Waals surface area contributed by atoms with Crippen LogP contribution in [0.5, 0.6) is 0 Å². The maximum absolute atomic E-state index is 12.8. The van der Waals surface area contributed by atoms with E-state index in [1.54, 1.807) is 34.1 Å². The predicted octanol–water partition coefficient (Wildman–Crippen LogP) is -0.982. The zero-order valence-electron chi connectivity index (χ0n) is 13.4. The van der Waals surface area contributed by atoms with Gasteiger partial charge in [0.2, 0.25) is 5.91 Å². The van der Waals surface area contributed by atoms with Crippen molar-refractivity contribution in [3.8, 4) is 0 Å². The van der Waals surface area contributed by atoms with Crippen LogP contribution in [-0.4, -0.2) is 65.8 Å². The van der Waals surface area contributed by atoms with Gasteiger partial charge < -0.3 is 20.4 Å². The molecule has 2 atom stereocenters. The van der Waals surface area contributed by atoms with Crippen LogP contribution in [-0.2, 0) is 9.59 Å². The van der Waals surface area contributed by atoms with Crippen molar-refractivity contribution in [2.24, 2.45) is 0 Å². The number of piperazine rings is 1. The van der Waals surface area contributed by atoms with Gasteiger partial charge in [0.25, 0.3) is 11.8 Å². The summed E-state index contributed by atoms with van der Waals surface area (Å²) in [6.07, 6.45) is 1.94. The lowest BCUT2D eigenvalue weighted by molar-refractivity contribution is -0.658. The van der Waals surface area contributed by atoms with Crippen molar-refractivity contribution in [3.63, 3.8) is 0 Å². The number of benzene rings is 1. The van der Waals surface area contributed by atoms with Gasteiger partial charge in [-0.2, -0.15) is 0 Å². The van der Waals surface area contributed by atoms with Gasteiger partial charge in [0.15, 0.2) is 6.04 Å². The van der Waals surface area contributed by atoms with Gasteiger partial charge in [-0.15, -0.1) is 0 Å². The van der Waals surface area contributed by atoms with Crippen LogP contribution in [0.2, 0.25) is 0 Å². The lowest BCUT2D eigenvalue weighted by Crippen LogP contribution is -2.89. The zero-order valence-corrected chi connectivity index (χ0v) is 13.4. The molecule has 2 fully saturated rings. The molecule has 0 radical (unpaired) electrons. The van der Waals surface area contributed by atoms with Crippen LogP contribution < -0.4 is 10.6 Å². The minimum absolute atomic E-state index is 0.0294. The number of fused-ring (bicyclic) bond motifs is 2. The number of hydrogen-bond acceptors (Lipinski definition) is 3. The summed E-state index contributed by atoms with van der Waals surface area (Å²) in [5.41, 5.74) is 1.06. The Hall–Kier alpha value is -2.41. The molecule has 0 aromatic heterocycles. The van der Waals surface area contributed by atoms with Gasteiger partial charge in [-0.05, 0) is 12.1 Å². The van der Waals surface area contributed by atoms with E-state index < -0.39 is 6.04 Å². The Labute approximate surface area is 140 Å².